The van der Waals surface area contributed by atoms with E-state index in [-0.39, 0.29) is 0 Å². The molecule has 1 aliphatic rings. The average molecular weight is 146 g/mol. The molecule has 11 heavy (non-hydrogen) atoms. The summed E-state index contributed by atoms with van der Waals surface area (Å²) in [5.41, 5.74) is 1.16. The largest absolute Gasteiger partial charge is 0.307 e. The minimum Gasteiger partial charge on any atom is -0.307 e. The first-order chi connectivity index (χ1) is 5.40. The number of imidazole rings is 1. The zero-order valence-corrected chi connectivity index (χ0v) is 6.33. The number of hydrogen-bond donors (Lipinski definition) is 0. The molecule has 2 bridgehead atoms. The Hall–Kier alpha value is -1.31. The highest BCUT2D eigenvalue weighted by Gasteiger charge is 2.04. The summed E-state index contributed by atoms with van der Waals surface area (Å²) in [5, 5.41) is 0. The first-order valence-electron chi connectivity index (χ1n) is 3.77. The summed E-state index contributed by atoms with van der Waals surface area (Å²) in [4.78, 5) is 4.39. The molecule has 0 amide bonds. The van der Waals surface area contributed by atoms with Gasteiger partial charge in [0.15, 0.2) is 0 Å². The molecule has 0 fully saturated rings. The predicted octanol–water partition coefficient (Wildman–Crippen LogP) is 1.94. The molecule has 0 saturated heterocycles. The van der Waals surface area contributed by atoms with Gasteiger partial charge in [-0.05, 0) is 18.9 Å². The fourth-order valence-corrected chi connectivity index (χ4v) is 1.27. The highest BCUT2D eigenvalue weighted by molar-refractivity contribution is 5.46. The van der Waals surface area contributed by atoms with Crippen LogP contribution in [0.4, 0.5) is 0 Å². The summed E-state index contributed by atoms with van der Waals surface area (Å²) < 4.78 is 1.95. The molecule has 0 saturated carbocycles. The molecule has 0 aromatic carbocycles. The molecule has 0 N–H and O–H groups in total. The monoisotopic (exact) mass is 146 g/mol. The summed E-state index contributed by atoms with van der Waals surface area (Å²) in [7, 11) is 0. The Morgan fingerprint density at radius 1 is 1.64 bits per heavy atom. The first kappa shape index (κ1) is 6.40. The van der Waals surface area contributed by atoms with Crippen molar-refractivity contribution in [3.8, 4) is 0 Å². The van der Waals surface area contributed by atoms with E-state index >= 15 is 0 Å². The minimum absolute atomic E-state index is 0.993. The lowest BCUT2D eigenvalue weighted by molar-refractivity contribution is 0.968. The molecule has 1 aliphatic heterocycles. The van der Waals surface area contributed by atoms with E-state index in [0.717, 1.165) is 24.4 Å². The summed E-state index contributed by atoms with van der Waals surface area (Å²) in [6.45, 7) is 3.70. The van der Waals surface area contributed by atoms with Crippen LogP contribution < -0.4 is 0 Å². The summed E-state index contributed by atoms with van der Waals surface area (Å²) >= 11 is 0. The van der Waals surface area contributed by atoms with Crippen LogP contribution in [-0.4, -0.2) is 9.55 Å². The zero-order chi connectivity index (χ0) is 7.68. The SMILES string of the molecule is C=Cn1cc2nc1C=CCC2. The van der Waals surface area contributed by atoms with E-state index in [1.54, 1.807) is 6.20 Å². The number of aromatic nitrogens is 2. The summed E-state index contributed by atoms with van der Waals surface area (Å²) in [5.74, 6) is 0.993. The van der Waals surface area contributed by atoms with Crippen molar-refractivity contribution in [3.63, 3.8) is 0 Å². The van der Waals surface area contributed by atoms with E-state index in [9.17, 15) is 0 Å². The maximum absolute atomic E-state index is 4.39. The van der Waals surface area contributed by atoms with Crippen molar-refractivity contribution in [2.45, 2.75) is 12.8 Å². The van der Waals surface area contributed by atoms with Crippen LogP contribution in [0.3, 0.4) is 0 Å². The Kier molecular flexibility index (Phi) is 1.39. The molecule has 1 aromatic heterocycles. The number of aryl methyl sites for hydroxylation is 1. The number of allylic oxidation sites excluding steroid dienone is 1. The minimum atomic E-state index is 0.993. The first-order valence-corrected chi connectivity index (χ1v) is 3.77. The topological polar surface area (TPSA) is 17.8 Å². The van der Waals surface area contributed by atoms with Gasteiger partial charge in [-0.1, -0.05) is 12.7 Å². The van der Waals surface area contributed by atoms with E-state index < -0.39 is 0 Å². The smallest absolute Gasteiger partial charge is 0.136 e. The molecule has 0 spiro atoms. The third kappa shape index (κ3) is 1.00. The van der Waals surface area contributed by atoms with Crippen LogP contribution in [0.5, 0.6) is 0 Å². The van der Waals surface area contributed by atoms with Crippen molar-refractivity contribution in [3.05, 3.63) is 30.4 Å². The molecule has 2 heteroatoms. The number of nitrogens with zero attached hydrogens (tertiary/aromatic N) is 2. The van der Waals surface area contributed by atoms with Gasteiger partial charge in [-0.2, -0.15) is 0 Å². The van der Waals surface area contributed by atoms with Crippen molar-refractivity contribution >= 4 is 12.3 Å². The molecule has 0 atom stereocenters. The van der Waals surface area contributed by atoms with Gasteiger partial charge in [-0.15, -0.1) is 0 Å². The molecule has 0 unspecified atom stereocenters. The third-order valence-electron chi connectivity index (χ3n) is 1.84. The Balaban J connectivity index is 2.55. The Bertz CT molecular complexity index is 304. The van der Waals surface area contributed by atoms with Crippen molar-refractivity contribution < 1.29 is 0 Å². The normalized spacial score (nSPS) is 14.5. The van der Waals surface area contributed by atoms with Crippen LogP contribution in [0.15, 0.2) is 18.9 Å². The van der Waals surface area contributed by atoms with Gasteiger partial charge >= 0.3 is 0 Å². The second-order valence-electron chi connectivity index (χ2n) is 2.62. The fourth-order valence-electron chi connectivity index (χ4n) is 1.27. The van der Waals surface area contributed by atoms with Crippen molar-refractivity contribution in [1.82, 2.24) is 9.55 Å². The number of hydrogen-bond acceptors (Lipinski definition) is 1. The molecule has 0 radical (unpaired) electrons. The summed E-state index contributed by atoms with van der Waals surface area (Å²) in [6.07, 6.45) is 10.1. The Labute approximate surface area is 65.9 Å². The van der Waals surface area contributed by atoms with Gasteiger partial charge < -0.3 is 4.57 Å². The zero-order valence-electron chi connectivity index (χ0n) is 6.33. The molecule has 56 valence electrons. The third-order valence-corrected chi connectivity index (χ3v) is 1.84. The van der Waals surface area contributed by atoms with E-state index in [1.807, 2.05) is 16.8 Å². The van der Waals surface area contributed by atoms with Crippen LogP contribution in [0, 0.1) is 0 Å². The maximum atomic E-state index is 4.39. The lowest BCUT2D eigenvalue weighted by Crippen LogP contribution is -1.87. The van der Waals surface area contributed by atoms with Crippen molar-refractivity contribution in [2.75, 3.05) is 0 Å². The Morgan fingerprint density at radius 3 is 3.36 bits per heavy atom. The van der Waals surface area contributed by atoms with Gasteiger partial charge in [-0.25, -0.2) is 4.98 Å². The number of fused-ring (bicyclic) bond motifs is 2. The van der Waals surface area contributed by atoms with Gasteiger partial charge in [-0.3, -0.25) is 0 Å². The highest BCUT2D eigenvalue weighted by Crippen LogP contribution is 2.12. The maximum Gasteiger partial charge on any atom is 0.136 e. The Morgan fingerprint density at radius 2 is 2.55 bits per heavy atom. The predicted molar refractivity (Wildman–Crippen MR) is 46.0 cm³/mol. The lowest BCUT2D eigenvalue weighted by Gasteiger charge is -1.95. The molecular formula is C9H10N2. The van der Waals surface area contributed by atoms with Gasteiger partial charge in [0.2, 0.25) is 0 Å². The number of rotatable bonds is 1. The average Bonchev–Trinajstić information content (AvgIpc) is 2.22. The van der Waals surface area contributed by atoms with Crippen molar-refractivity contribution in [2.24, 2.45) is 0 Å². The second kappa shape index (κ2) is 2.38. The van der Waals surface area contributed by atoms with Gasteiger partial charge in [0.25, 0.3) is 0 Å². The van der Waals surface area contributed by atoms with Crippen LogP contribution in [0.25, 0.3) is 12.3 Å². The molecule has 2 rings (SSSR count). The van der Waals surface area contributed by atoms with E-state index in [2.05, 4.69) is 17.6 Å². The molecule has 0 aliphatic carbocycles. The molecule has 2 heterocycles. The standard InChI is InChI=1S/C9H10N2/c1-2-11-7-8-5-3-4-6-9(11)10-8/h2,4,6-7H,1,3,5H2. The quantitative estimate of drug-likeness (QED) is 0.592. The van der Waals surface area contributed by atoms with Gasteiger partial charge in [0, 0.05) is 12.4 Å². The molecule has 2 nitrogen and oxygen atoms in total. The van der Waals surface area contributed by atoms with Gasteiger partial charge in [0.1, 0.15) is 5.82 Å². The lowest BCUT2D eigenvalue weighted by atomic mass is 10.2. The van der Waals surface area contributed by atoms with Crippen molar-refractivity contribution in [1.29, 1.82) is 0 Å². The van der Waals surface area contributed by atoms with Crippen LogP contribution in [0.1, 0.15) is 17.9 Å². The summed E-state index contributed by atoms with van der Waals surface area (Å²) in [6, 6.07) is 0. The molecular weight excluding hydrogens is 136 g/mol. The van der Waals surface area contributed by atoms with E-state index in [4.69, 9.17) is 0 Å². The van der Waals surface area contributed by atoms with Crippen LogP contribution >= 0.6 is 0 Å². The fraction of sp³-hybridized carbons (Fsp3) is 0.222. The van der Waals surface area contributed by atoms with Crippen LogP contribution in [-0.2, 0) is 6.42 Å². The second-order valence-corrected chi connectivity index (χ2v) is 2.62. The van der Waals surface area contributed by atoms with Gasteiger partial charge in [0.05, 0.1) is 5.69 Å². The molecule has 1 aromatic rings. The van der Waals surface area contributed by atoms with E-state index in [1.165, 1.54) is 0 Å². The highest BCUT2D eigenvalue weighted by atomic mass is 15.0. The van der Waals surface area contributed by atoms with E-state index in [0.29, 0.717) is 0 Å². The van der Waals surface area contributed by atoms with Crippen LogP contribution in [0.2, 0.25) is 0 Å².